The van der Waals surface area contributed by atoms with E-state index in [-0.39, 0.29) is 22.9 Å². The first-order valence-electron chi connectivity index (χ1n) is 12.0. The highest BCUT2D eigenvalue weighted by molar-refractivity contribution is 5.88. The molecule has 0 saturated heterocycles. The van der Waals surface area contributed by atoms with Crippen LogP contribution in [-0.4, -0.2) is 47.8 Å². The first-order valence-corrected chi connectivity index (χ1v) is 12.0. The lowest BCUT2D eigenvalue weighted by Gasteiger charge is -2.25. The van der Waals surface area contributed by atoms with Crippen LogP contribution in [0.5, 0.6) is 11.5 Å². The van der Waals surface area contributed by atoms with Gasteiger partial charge in [0.25, 0.3) is 0 Å². The summed E-state index contributed by atoms with van der Waals surface area (Å²) >= 11 is 0. The topological polar surface area (TPSA) is 143 Å². The van der Waals surface area contributed by atoms with E-state index in [4.69, 9.17) is 15.2 Å². The minimum Gasteiger partial charge on any atom is -0.454 e. The molecule has 3 aromatic heterocycles. The SMILES string of the molecule is CN(C(=O)OC(C)(C)C)c1cccc(-n2c(=O)n(-c3ncc(Oc4ccccc4)cn3)c3c(N)ncnc32)c1. The van der Waals surface area contributed by atoms with Crippen LogP contribution in [0.2, 0.25) is 0 Å². The molecule has 0 unspecified atom stereocenters. The van der Waals surface area contributed by atoms with Gasteiger partial charge in [0.15, 0.2) is 17.2 Å². The number of nitrogens with two attached hydrogens (primary N) is 1. The van der Waals surface area contributed by atoms with Crippen LogP contribution in [-0.2, 0) is 4.74 Å². The Kier molecular flexibility index (Phi) is 6.44. The van der Waals surface area contributed by atoms with Gasteiger partial charge in [0.1, 0.15) is 23.2 Å². The summed E-state index contributed by atoms with van der Waals surface area (Å²) in [6.07, 6.45) is 3.65. The summed E-state index contributed by atoms with van der Waals surface area (Å²) in [6.45, 7) is 5.36. The molecule has 0 radical (unpaired) electrons. The van der Waals surface area contributed by atoms with E-state index in [0.717, 1.165) is 0 Å². The van der Waals surface area contributed by atoms with Crippen LogP contribution in [0.3, 0.4) is 0 Å². The lowest BCUT2D eigenvalue weighted by atomic mass is 10.2. The highest BCUT2D eigenvalue weighted by Crippen LogP contribution is 2.25. The summed E-state index contributed by atoms with van der Waals surface area (Å²) < 4.78 is 13.8. The first-order chi connectivity index (χ1) is 18.6. The predicted octanol–water partition coefficient (Wildman–Crippen LogP) is 4.11. The molecule has 0 bridgehead atoms. The summed E-state index contributed by atoms with van der Waals surface area (Å²) in [4.78, 5) is 44.9. The molecule has 198 valence electrons. The molecule has 5 aromatic rings. The molecule has 3 heterocycles. The average molecular weight is 527 g/mol. The molecule has 0 aliphatic carbocycles. The van der Waals surface area contributed by atoms with Crippen LogP contribution in [0, 0.1) is 0 Å². The van der Waals surface area contributed by atoms with Gasteiger partial charge >= 0.3 is 11.8 Å². The molecule has 2 aromatic carbocycles. The highest BCUT2D eigenvalue weighted by Gasteiger charge is 2.24. The zero-order chi connectivity index (χ0) is 27.7. The zero-order valence-corrected chi connectivity index (χ0v) is 21.8. The largest absolute Gasteiger partial charge is 0.454 e. The predicted molar refractivity (Wildman–Crippen MR) is 146 cm³/mol. The second kappa shape index (κ2) is 9.89. The van der Waals surface area contributed by atoms with E-state index in [1.54, 1.807) is 64.2 Å². The van der Waals surface area contributed by atoms with Gasteiger partial charge in [-0.2, -0.15) is 0 Å². The molecule has 0 saturated carbocycles. The Morgan fingerprint density at radius 1 is 0.923 bits per heavy atom. The summed E-state index contributed by atoms with van der Waals surface area (Å²) in [7, 11) is 1.59. The van der Waals surface area contributed by atoms with Crippen LogP contribution < -0.4 is 21.1 Å². The van der Waals surface area contributed by atoms with Crippen molar-refractivity contribution in [2.75, 3.05) is 17.7 Å². The van der Waals surface area contributed by atoms with E-state index in [9.17, 15) is 9.59 Å². The van der Waals surface area contributed by atoms with Crippen molar-refractivity contribution >= 4 is 28.8 Å². The molecule has 5 rings (SSSR count). The normalized spacial score (nSPS) is 11.4. The quantitative estimate of drug-likeness (QED) is 0.358. The number of benzene rings is 2. The Morgan fingerprint density at radius 2 is 1.64 bits per heavy atom. The molecule has 12 nitrogen and oxygen atoms in total. The number of ether oxygens (including phenoxy) is 2. The van der Waals surface area contributed by atoms with Gasteiger partial charge in [0, 0.05) is 12.7 Å². The molecular weight excluding hydrogens is 500 g/mol. The third-order valence-electron chi connectivity index (χ3n) is 5.59. The number of amides is 1. The minimum absolute atomic E-state index is 0.0627. The van der Waals surface area contributed by atoms with Crippen LogP contribution in [0.25, 0.3) is 22.8 Å². The van der Waals surface area contributed by atoms with Crippen LogP contribution in [0.15, 0.2) is 78.1 Å². The van der Waals surface area contributed by atoms with E-state index in [1.807, 2.05) is 18.2 Å². The van der Waals surface area contributed by atoms with E-state index in [0.29, 0.717) is 22.9 Å². The van der Waals surface area contributed by atoms with Crippen LogP contribution in [0.4, 0.5) is 16.3 Å². The second-order valence-corrected chi connectivity index (χ2v) is 9.58. The van der Waals surface area contributed by atoms with Gasteiger partial charge in [-0.3, -0.25) is 4.90 Å². The number of aromatic nitrogens is 6. The third-order valence-corrected chi connectivity index (χ3v) is 5.59. The van der Waals surface area contributed by atoms with Crippen molar-refractivity contribution in [3.8, 4) is 23.1 Å². The van der Waals surface area contributed by atoms with Gasteiger partial charge in [0.05, 0.1) is 18.1 Å². The third kappa shape index (κ3) is 5.12. The number of nitrogen functional groups attached to an aromatic ring is 1. The summed E-state index contributed by atoms with van der Waals surface area (Å²) in [5.74, 6) is 1.15. The van der Waals surface area contributed by atoms with Crippen molar-refractivity contribution in [2.24, 2.45) is 0 Å². The number of hydrogen-bond acceptors (Lipinski definition) is 9. The van der Waals surface area contributed by atoms with Gasteiger partial charge in [0.2, 0.25) is 5.95 Å². The number of fused-ring (bicyclic) bond motifs is 1. The molecule has 1 amide bonds. The molecule has 0 spiro atoms. The van der Waals surface area contributed by atoms with Gasteiger partial charge < -0.3 is 15.2 Å². The zero-order valence-electron chi connectivity index (χ0n) is 21.8. The van der Waals surface area contributed by atoms with Gasteiger partial charge in [-0.05, 0) is 51.1 Å². The number of imidazole rings is 1. The minimum atomic E-state index is -0.663. The summed E-state index contributed by atoms with van der Waals surface area (Å²) in [5, 5.41) is 0. The maximum absolute atomic E-state index is 13.8. The van der Waals surface area contributed by atoms with Crippen LogP contribution in [0.1, 0.15) is 20.8 Å². The lowest BCUT2D eigenvalue weighted by Crippen LogP contribution is -2.34. The first kappa shape index (κ1) is 25.4. The monoisotopic (exact) mass is 526 g/mol. The Morgan fingerprint density at radius 3 is 2.33 bits per heavy atom. The number of carbonyl (C=O) groups excluding carboxylic acids is 1. The van der Waals surface area contributed by atoms with Crippen molar-refractivity contribution < 1.29 is 14.3 Å². The molecule has 2 N–H and O–H groups in total. The van der Waals surface area contributed by atoms with E-state index in [1.165, 1.54) is 32.8 Å². The fraction of sp³-hybridized carbons (Fsp3) is 0.185. The van der Waals surface area contributed by atoms with Gasteiger partial charge in [-0.25, -0.2) is 38.7 Å². The second-order valence-electron chi connectivity index (χ2n) is 9.58. The van der Waals surface area contributed by atoms with E-state index >= 15 is 0 Å². The van der Waals surface area contributed by atoms with Crippen molar-refractivity contribution in [1.82, 2.24) is 29.1 Å². The van der Waals surface area contributed by atoms with E-state index < -0.39 is 17.4 Å². The summed E-state index contributed by atoms with van der Waals surface area (Å²) in [5.41, 5.74) is 6.45. The van der Waals surface area contributed by atoms with Crippen molar-refractivity contribution in [1.29, 1.82) is 0 Å². The van der Waals surface area contributed by atoms with Crippen LogP contribution >= 0.6 is 0 Å². The lowest BCUT2D eigenvalue weighted by molar-refractivity contribution is 0.0589. The summed E-state index contributed by atoms with van der Waals surface area (Å²) in [6, 6.07) is 16.0. The van der Waals surface area contributed by atoms with Crippen molar-refractivity contribution in [3.63, 3.8) is 0 Å². The smallest absolute Gasteiger partial charge is 0.414 e. The Labute approximate surface area is 223 Å². The molecule has 0 fully saturated rings. The van der Waals surface area contributed by atoms with E-state index in [2.05, 4.69) is 19.9 Å². The number of carbonyl (C=O) groups is 1. The van der Waals surface area contributed by atoms with Crippen molar-refractivity contribution in [2.45, 2.75) is 26.4 Å². The Balaban J connectivity index is 1.57. The highest BCUT2D eigenvalue weighted by atomic mass is 16.6. The molecular formula is C27H26N8O4. The fourth-order valence-electron chi connectivity index (χ4n) is 3.84. The average Bonchev–Trinajstić information content (AvgIpc) is 3.21. The number of hydrogen-bond donors (Lipinski definition) is 1. The number of anilines is 2. The standard InChI is InChI=1S/C27H26N8O4/c1-27(2,3)39-26(37)33(4)17-9-8-10-18(13-17)34-23-21(22(28)31-16-32-23)35(25(34)36)24-29-14-20(15-30-24)38-19-11-6-5-7-12-19/h5-16H,1-4H3,(H2,28,31,32). The van der Waals surface area contributed by atoms with Gasteiger partial charge in [-0.15, -0.1) is 0 Å². The number of nitrogens with zero attached hydrogens (tertiary/aromatic N) is 7. The molecule has 39 heavy (non-hydrogen) atoms. The Bertz CT molecular complexity index is 1710. The maximum Gasteiger partial charge on any atom is 0.414 e. The fourth-order valence-corrected chi connectivity index (χ4v) is 3.84. The number of para-hydroxylation sites is 1. The Hall–Kier alpha value is -5.26. The number of rotatable bonds is 5. The molecule has 0 atom stereocenters. The van der Waals surface area contributed by atoms with Crippen molar-refractivity contribution in [3.05, 3.63) is 83.8 Å². The molecule has 12 heteroatoms. The maximum atomic E-state index is 13.8. The molecule has 0 aliphatic heterocycles. The van der Waals surface area contributed by atoms with Gasteiger partial charge in [-0.1, -0.05) is 24.3 Å². The molecule has 0 aliphatic rings.